The normalized spacial score (nSPS) is 13.4. The number of aromatic nitrogens is 1. The van der Waals surface area contributed by atoms with Crippen LogP contribution in [0.3, 0.4) is 0 Å². The van der Waals surface area contributed by atoms with Crippen LogP contribution in [0.1, 0.15) is 28.3 Å². The molecule has 188 valence electrons. The summed E-state index contributed by atoms with van der Waals surface area (Å²) in [6, 6.07) is 16.5. The van der Waals surface area contributed by atoms with Gasteiger partial charge >= 0.3 is 12.3 Å². The van der Waals surface area contributed by atoms with Crippen LogP contribution in [-0.2, 0) is 23.8 Å². The molecule has 4 rings (SSSR count). The molecular formula is C26H24F3N3O4. The van der Waals surface area contributed by atoms with Gasteiger partial charge in [0.2, 0.25) is 5.91 Å². The standard InChI is InChI=1S/C26H24F3N3O4/c27-26(28,29)23-9-6-17(15-30-23)10-12-32(20-8-7-19-11-13-36-22(19)14-20)24(33)21(16-31-25(34)35)18-4-2-1-3-5-18/h1-9,14-15,21,31H,10-13,16H2,(H,34,35). The molecule has 10 heteroatoms. The zero-order chi connectivity index (χ0) is 25.7. The second kappa shape index (κ2) is 10.7. The molecule has 36 heavy (non-hydrogen) atoms. The number of ether oxygens (including phenoxy) is 1. The number of halogens is 3. The molecule has 0 radical (unpaired) electrons. The van der Waals surface area contributed by atoms with E-state index in [2.05, 4.69) is 10.3 Å². The highest BCUT2D eigenvalue weighted by Crippen LogP contribution is 2.32. The maximum absolute atomic E-state index is 13.9. The van der Waals surface area contributed by atoms with Crippen LogP contribution in [-0.4, -0.2) is 41.8 Å². The lowest BCUT2D eigenvalue weighted by Crippen LogP contribution is -2.41. The Kier molecular flexibility index (Phi) is 7.42. The Bertz CT molecular complexity index is 1220. The molecule has 1 aliphatic rings. The topological polar surface area (TPSA) is 91.8 Å². The molecule has 0 bridgehead atoms. The molecule has 1 aromatic heterocycles. The number of amides is 2. The van der Waals surface area contributed by atoms with E-state index in [-0.39, 0.29) is 25.4 Å². The second-order valence-corrected chi connectivity index (χ2v) is 8.33. The number of alkyl halides is 3. The summed E-state index contributed by atoms with van der Waals surface area (Å²) in [5.74, 6) is -0.503. The Balaban J connectivity index is 1.63. The average molecular weight is 499 g/mol. The maximum Gasteiger partial charge on any atom is 0.433 e. The van der Waals surface area contributed by atoms with Crippen molar-refractivity contribution < 1.29 is 32.6 Å². The first-order valence-electron chi connectivity index (χ1n) is 11.3. The van der Waals surface area contributed by atoms with E-state index in [0.717, 1.165) is 24.2 Å². The van der Waals surface area contributed by atoms with E-state index < -0.39 is 23.9 Å². The summed E-state index contributed by atoms with van der Waals surface area (Å²) in [6.07, 6.45) is -3.64. The third kappa shape index (κ3) is 5.94. The first kappa shape index (κ1) is 25.0. The fourth-order valence-corrected chi connectivity index (χ4v) is 4.08. The van der Waals surface area contributed by atoms with Gasteiger partial charge in [-0.05, 0) is 35.2 Å². The molecular weight excluding hydrogens is 475 g/mol. The van der Waals surface area contributed by atoms with Crippen LogP contribution in [0.2, 0.25) is 0 Å². The number of carboxylic acid groups (broad SMARTS) is 1. The van der Waals surface area contributed by atoms with E-state index in [1.807, 2.05) is 6.07 Å². The predicted molar refractivity (Wildman–Crippen MR) is 126 cm³/mol. The average Bonchev–Trinajstić information content (AvgIpc) is 3.33. The highest BCUT2D eigenvalue weighted by Gasteiger charge is 2.32. The minimum absolute atomic E-state index is 0.140. The highest BCUT2D eigenvalue weighted by atomic mass is 19.4. The fraction of sp³-hybridized carbons (Fsp3) is 0.269. The number of nitrogens with zero attached hydrogens (tertiary/aromatic N) is 2. The number of carbonyl (C=O) groups excluding carboxylic acids is 1. The zero-order valence-electron chi connectivity index (χ0n) is 19.2. The molecule has 0 saturated carbocycles. The Morgan fingerprint density at radius 1 is 1.11 bits per heavy atom. The van der Waals surface area contributed by atoms with Crippen molar-refractivity contribution in [3.63, 3.8) is 0 Å². The Labute approximate surface area is 205 Å². The molecule has 2 aromatic carbocycles. The minimum atomic E-state index is -4.54. The van der Waals surface area contributed by atoms with Crippen LogP contribution in [0.15, 0.2) is 66.9 Å². The van der Waals surface area contributed by atoms with Gasteiger partial charge in [0, 0.05) is 37.5 Å². The first-order valence-corrected chi connectivity index (χ1v) is 11.3. The maximum atomic E-state index is 13.9. The van der Waals surface area contributed by atoms with Crippen molar-refractivity contribution in [3.8, 4) is 5.75 Å². The lowest BCUT2D eigenvalue weighted by molar-refractivity contribution is -0.141. The Morgan fingerprint density at radius 3 is 2.56 bits per heavy atom. The van der Waals surface area contributed by atoms with Crippen molar-refractivity contribution in [2.45, 2.75) is 24.9 Å². The molecule has 7 nitrogen and oxygen atoms in total. The number of rotatable bonds is 8. The number of benzene rings is 2. The Morgan fingerprint density at radius 2 is 1.89 bits per heavy atom. The predicted octanol–water partition coefficient (Wildman–Crippen LogP) is 4.66. The summed E-state index contributed by atoms with van der Waals surface area (Å²) in [6.45, 7) is 0.540. The molecule has 3 aromatic rings. The van der Waals surface area contributed by atoms with Gasteiger partial charge in [-0.1, -0.05) is 42.5 Å². The van der Waals surface area contributed by atoms with Crippen molar-refractivity contribution >= 4 is 17.7 Å². The van der Waals surface area contributed by atoms with Crippen LogP contribution in [0.5, 0.6) is 5.75 Å². The van der Waals surface area contributed by atoms with Crippen LogP contribution in [0.4, 0.5) is 23.7 Å². The lowest BCUT2D eigenvalue weighted by Gasteiger charge is -2.28. The van der Waals surface area contributed by atoms with Crippen molar-refractivity contribution in [2.24, 2.45) is 0 Å². The molecule has 1 atom stereocenters. The number of carbonyl (C=O) groups is 2. The van der Waals surface area contributed by atoms with E-state index in [0.29, 0.717) is 29.2 Å². The number of pyridine rings is 1. The summed E-state index contributed by atoms with van der Waals surface area (Å²) < 4.78 is 44.3. The summed E-state index contributed by atoms with van der Waals surface area (Å²) in [4.78, 5) is 30.1. The summed E-state index contributed by atoms with van der Waals surface area (Å²) in [5.41, 5.74) is 1.74. The van der Waals surface area contributed by atoms with E-state index in [1.54, 1.807) is 42.5 Å². The van der Waals surface area contributed by atoms with Gasteiger partial charge in [-0.25, -0.2) is 4.79 Å². The monoisotopic (exact) mass is 499 g/mol. The molecule has 2 N–H and O–H groups in total. The quantitative estimate of drug-likeness (QED) is 0.470. The van der Waals surface area contributed by atoms with Crippen LogP contribution >= 0.6 is 0 Å². The molecule has 0 spiro atoms. The summed E-state index contributed by atoms with van der Waals surface area (Å²) in [5, 5.41) is 11.4. The van der Waals surface area contributed by atoms with E-state index in [4.69, 9.17) is 9.84 Å². The number of nitrogens with one attached hydrogen (secondary N) is 1. The number of hydrogen-bond acceptors (Lipinski definition) is 4. The van der Waals surface area contributed by atoms with Crippen molar-refractivity contribution in [1.29, 1.82) is 0 Å². The molecule has 1 unspecified atom stereocenters. The van der Waals surface area contributed by atoms with Gasteiger partial charge in [0.15, 0.2) is 0 Å². The number of fused-ring (bicyclic) bond motifs is 1. The summed E-state index contributed by atoms with van der Waals surface area (Å²) in [7, 11) is 0. The van der Waals surface area contributed by atoms with Gasteiger partial charge in [0.05, 0.1) is 12.5 Å². The van der Waals surface area contributed by atoms with Gasteiger partial charge < -0.3 is 20.1 Å². The van der Waals surface area contributed by atoms with Crippen molar-refractivity contribution in [2.75, 3.05) is 24.6 Å². The molecule has 0 fully saturated rings. The molecule has 1 aliphatic heterocycles. The van der Waals surface area contributed by atoms with Crippen LogP contribution in [0, 0.1) is 0 Å². The van der Waals surface area contributed by atoms with Crippen molar-refractivity contribution in [3.05, 3.63) is 89.2 Å². The van der Waals surface area contributed by atoms with E-state index in [1.165, 1.54) is 11.0 Å². The Hall–Kier alpha value is -4.08. The second-order valence-electron chi connectivity index (χ2n) is 8.33. The van der Waals surface area contributed by atoms with Crippen molar-refractivity contribution in [1.82, 2.24) is 10.3 Å². The van der Waals surface area contributed by atoms with Crippen LogP contribution in [0.25, 0.3) is 0 Å². The fourth-order valence-electron chi connectivity index (χ4n) is 4.08. The van der Waals surface area contributed by atoms with Gasteiger partial charge in [-0.15, -0.1) is 0 Å². The van der Waals surface area contributed by atoms with Crippen LogP contribution < -0.4 is 15.0 Å². The molecule has 0 saturated heterocycles. The lowest BCUT2D eigenvalue weighted by atomic mass is 9.96. The van der Waals surface area contributed by atoms with E-state index in [9.17, 15) is 22.8 Å². The van der Waals surface area contributed by atoms with Gasteiger partial charge in [0.1, 0.15) is 11.4 Å². The third-order valence-corrected chi connectivity index (χ3v) is 5.95. The SMILES string of the molecule is O=C(O)NCC(C(=O)N(CCc1ccc(C(F)(F)F)nc1)c1ccc2c(c1)OCC2)c1ccccc1. The zero-order valence-corrected chi connectivity index (χ0v) is 19.2. The van der Waals surface area contributed by atoms with Gasteiger partial charge in [-0.2, -0.15) is 13.2 Å². The van der Waals surface area contributed by atoms with E-state index >= 15 is 0 Å². The largest absolute Gasteiger partial charge is 0.493 e. The molecule has 0 aliphatic carbocycles. The molecule has 2 amide bonds. The van der Waals surface area contributed by atoms with Gasteiger partial charge in [-0.3, -0.25) is 9.78 Å². The van der Waals surface area contributed by atoms with Gasteiger partial charge in [0.25, 0.3) is 0 Å². The smallest absolute Gasteiger partial charge is 0.433 e. The summed E-state index contributed by atoms with van der Waals surface area (Å²) >= 11 is 0. The third-order valence-electron chi connectivity index (χ3n) is 5.95. The first-order chi connectivity index (χ1) is 17.2. The molecule has 2 heterocycles. The number of hydrogen-bond donors (Lipinski definition) is 2. The minimum Gasteiger partial charge on any atom is -0.493 e. The highest BCUT2D eigenvalue weighted by molar-refractivity contribution is 5.98. The number of anilines is 1.